The number of rotatable bonds is 1. The van der Waals surface area contributed by atoms with Crippen LogP contribution in [-0.4, -0.2) is 22.8 Å². The number of hydrogen-bond acceptors (Lipinski definition) is 8. The normalized spacial score (nSPS) is 19.1. The molecule has 1 aromatic carbocycles. The van der Waals surface area contributed by atoms with Crippen LogP contribution >= 0.6 is 0 Å². The van der Waals surface area contributed by atoms with E-state index in [1.807, 2.05) is 66.8 Å². The van der Waals surface area contributed by atoms with Gasteiger partial charge in [0.05, 0.1) is 68.4 Å². The summed E-state index contributed by atoms with van der Waals surface area (Å²) in [6.07, 6.45) is 21.3. The van der Waals surface area contributed by atoms with E-state index >= 15 is 0 Å². The maximum Gasteiger partial charge on any atom is 0.0809 e. The molecule has 5 aliphatic heterocycles. The predicted octanol–water partition coefficient (Wildman–Crippen LogP) is 3.43. The average Bonchev–Trinajstić information content (AvgIpc) is 3.60. The van der Waals surface area contributed by atoms with Crippen LogP contribution in [0.4, 0.5) is 22.7 Å². The summed E-state index contributed by atoms with van der Waals surface area (Å²) < 4.78 is 0. The van der Waals surface area contributed by atoms with Crippen molar-refractivity contribution in [2.45, 2.75) is 0 Å². The number of anilines is 4. The number of nitrogen functional groups attached to an aromatic ring is 4. The number of aliphatic imine (C=N–C) groups is 4. The van der Waals surface area contributed by atoms with Gasteiger partial charge in [-0.15, -0.1) is 0 Å². The van der Waals surface area contributed by atoms with Crippen molar-refractivity contribution in [2.75, 3.05) is 22.9 Å². The van der Waals surface area contributed by atoms with Gasteiger partial charge in [-0.2, -0.15) is 0 Å². The van der Waals surface area contributed by atoms with Crippen LogP contribution in [0.3, 0.4) is 0 Å². The van der Waals surface area contributed by atoms with Gasteiger partial charge in [-0.3, -0.25) is 0 Å². The van der Waals surface area contributed by atoms with Crippen molar-refractivity contribution in [2.24, 2.45) is 20.0 Å². The van der Waals surface area contributed by atoms with Crippen molar-refractivity contribution in [1.82, 2.24) is 0 Å². The van der Waals surface area contributed by atoms with Crippen molar-refractivity contribution < 1.29 is 19.5 Å². The van der Waals surface area contributed by atoms with E-state index in [1.54, 1.807) is 6.07 Å². The molecule has 9 heteroatoms. The van der Waals surface area contributed by atoms with E-state index in [1.165, 1.54) is 0 Å². The maximum atomic E-state index is 6.34. The number of fused-ring (bicyclic) bond motifs is 4. The van der Waals surface area contributed by atoms with Gasteiger partial charge in [0.15, 0.2) is 0 Å². The Morgan fingerprint density at radius 3 is 1.57 bits per heavy atom. The Balaban J connectivity index is 0.00000253. The summed E-state index contributed by atoms with van der Waals surface area (Å²) in [5.41, 5.74) is 33.5. The Kier molecular flexibility index (Phi) is 5.42. The van der Waals surface area contributed by atoms with E-state index in [0.29, 0.717) is 22.6 Å². The molecule has 0 aliphatic carbocycles. The first kappa shape index (κ1) is 22.4. The summed E-state index contributed by atoms with van der Waals surface area (Å²) in [5, 5.41) is 0. The van der Waals surface area contributed by atoms with E-state index in [-0.39, 0.29) is 30.9 Å². The molecule has 8 bridgehead atoms. The number of benzene rings is 1. The van der Waals surface area contributed by atoms with Gasteiger partial charge in [-0.1, -0.05) is 0 Å². The quantitative estimate of drug-likeness (QED) is 0.338. The van der Waals surface area contributed by atoms with Gasteiger partial charge in [0.25, 0.3) is 0 Å². The Morgan fingerprint density at radius 2 is 1.00 bits per heavy atom. The SMILES string of the molecule is Nc1cc(C2=CC3=CC4=NC(=CC5=NC(=CC6=NC(=CC2=N3)C=C6)C=C5)C=C4)c(N)c(N)c1N.[Zn]. The van der Waals surface area contributed by atoms with Crippen LogP contribution in [0, 0.1) is 0 Å². The van der Waals surface area contributed by atoms with Crippen LogP contribution in [0.15, 0.2) is 116 Å². The summed E-state index contributed by atoms with van der Waals surface area (Å²) in [4.78, 5) is 18.8. The van der Waals surface area contributed by atoms with Crippen molar-refractivity contribution >= 4 is 51.2 Å². The van der Waals surface area contributed by atoms with Crippen LogP contribution in [0.5, 0.6) is 0 Å². The molecule has 5 heterocycles. The number of allylic oxidation sites excluding steroid dienone is 12. The first-order valence-corrected chi connectivity index (χ1v) is 10.6. The zero-order chi connectivity index (χ0) is 23.4. The molecule has 8 N–H and O–H groups in total. The largest absolute Gasteiger partial charge is 0.397 e. The zero-order valence-corrected chi connectivity index (χ0v) is 21.7. The van der Waals surface area contributed by atoms with Crippen molar-refractivity contribution in [3.63, 3.8) is 0 Å². The van der Waals surface area contributed by atoms with Gasteiger partial charge in [-0.05, 0) is 72.9 Å². The molecule has 0 spiro atoms. The van der Waals surface area contributed by atoms with Crippen LogP contribution in [0.25, 0.3) is 5.57 Å². The second-order valence-electron chi connectivity index (χ2n) is 8.20. The zero-order valence-electron chi connectivity index (χ0n) is 18.7. The van der Waals surface area contributed by atoms with E-state index < -0.39 is 0 Å². The minimum absolute atomic E-state index is 0. The molecular formula is C26H20N8Zn. The van der Waals surface area contributed by atoms with Gasteiger partial charge >= 0.3 is 0 Å². The first-order valence-electron chi connectivity index (χ1n) is 10.6. The number of nitrogens with two attached hydrogens (primary N) is 4. The molecule has 6 rings (SSSR count). The fourth-order valence-electron chi connectivity index (χ4n) is 4.09. The molecule has 0 fully saturated rings. The molecular weight excluding hydrogens is 490 g/mol. The third-order valence-corrected chi connectivity index (χ3v) is 5.81. The standard InChI is InChI=1S/C26H20N8.Zn/c27-22-12-21(24(28)26(30)25(22)29)20-10-19-9-17-4-3-15(32-17)7-13-1-2-14(31-13)8-16-5-6-18(33-16)11-23(20)34-19;/h1-12H,27-30H2;. The van der Waals surface area contributed by atoms with E-state index in [2.05, 4.69) is 9.98 Å². The van der Waals surface area contributed by atoms with Gasteiger partial charge < -0.3 is 22.9 Å². The molecule has 0 radical (unpaired) electrons. The molecule has 8 nitrogen and oxygen atoms in total. The van der Waals surface area contributed by atoms with Crippen molar-refractivity contribution in [1.29, 1.82) is 0 Å². The Hall–Kier alpha value is -4.36. The van der Waals surface area contributed by atoms with Crippen LogP contribution in [0.2, 0.25) is 0 Å². The van der Waals surface area contributed by atoms with Crippen molar-refractivity contribution in [3.05, 3.63) is 101 Å². The van der Waals surface area contributed by atoms with Crippen LogP contribution < -0.4 is 22.9 Å². The van der Waals surface area contributed by atoms with E-state index in [0.717, 1.165) is 45.5 Å². The van der Waals surface area contributed by atoms with Crippen LogP contribution in [0.1, 0.15) is 5.56 Å². The molecule has 0 saturated heterocycles. The smallest absolute Gasteiger partial charge is 0.0809 e. The Labute approximate surface area is 214 Å². The number of nitrogens with zero attached hydrogens (tertiary/aromatic N) is 4. The molecule has 1 aromatic rings. The molecule has 166 valence electrons. The summed E-state index contributed by atoms with van der Waals surface area (Å²) >= 11 is 0. The van der Waals surface area contributed by atoms with Gasteiger partial charge in [-0.25, -0.2) is 20.0 Å². The fourth-order valence-corrected chi connectivity index (χ4v) is 4.09. The van der Waals surface area contributed by atoms with E-state index in [4.69, 9.17) is 32.9 Å². The van der Waals surface area contributed by atoms with Gasteiger partial charge in [0, 0.05) is 30.6 Å². The third kappa shape index (κ3) is 4.07. The molecule has 0 atom stereocenters. The molecule has 0 saturated carbocycles. The minimum Gasteiger partial charge on any atom is -0.397 e. The van der Waals surface area contributed by atoms with Crippen molar-refractivity contribution in [3.8, 4) is 0 Å². The molecule has 0 aromatic heterocycles. The number of hydrogen-bond donors (Lipinski definition) is 4. The average molecular weight is 510 g/mol. The van der Waals surface area contributed by atoms with E-state index in [9.17, 15) is 0 Å². The van der Waals surface area contributed by atoms with Crippen LogP contribution in [-0.2, 0) is 19.5 Å². The van der Waals surface area contributed by atoms with Gasteiger partial charge in [0.2, 0.25) is 0 Å². The summed E-state index contributed by atoms with van der Waals surface area (Å²) in [6, 6.07) is 1.73. The first-order chi connectivity index (χ1) is 16.4. The molecule has 0 unspecified atom stereocenters. The predicted molar refractivity (Wildman–Crippen MR) is 142 cm³/mol. The maximum absolute atomic E-state index is 6.34. The topological polar surface area (TPSA) is 154 Å². The van der Waals surface area contributed by atoms with Gasteiger partial charge in [0.1, 0.15) is 0 Å². The molecule has 35 heavy (non-hydrogen) atoms. The second-order valence-corrected chi connectivity index (χ2v) is 8.20. The minimum atomic E-state index is 0. The Bertz CT molecular complexity index is 1570. The summed E-state index contributed by atoms with van der Waals surface area (Å²) in [5.74, 6) is 0. The second kappa shape index (κ2) is 8.45. The molecule has 0 amide bonds. The Morgan fingerprint density at radius 1 is 0.486 bits per heavy atom. The monoisotopic (exact) mass is 508 g/mol. The summed E-state index contributed by atoms with van der Waals surface area (Å²) in [7, 11) is 0. The fraction of sp³-hybridized carbons (Fsp3) is 0. The summed E-state index contributed by atoms with van der Waals surface area (Å²) in [6.45, 7) is 0. The third-order valence-electron chi connectivity index (χ3n) is 5.81. The molecule has 5 aliphatic rings.